The lowest BCUT2D eigenvalue weighted by atomic mass is 10.1. The van der Waals surface area contributed by atoms with Crippen LogP contribution >= 0.6 is 0 Å². The van der Waals surface area contributed by atoms with E-state index in [1.165, 1.54) is 5.69 Å². The summed E-state index contributed by atoms with van der Waals surface area (Å²) in [6.07, 6.45) is 4.61. The summed E-state index contributed by atoms with van der Waals surface area (Å²) >= 11 is 0. The van der Waals surface area contributed by atoms with Crippen LogP contribution < -0.4 is 10.2 Å². The van der Waals surface area contributed by atoms with Crippen molar-refractivity contribution in [3.8, 4) is 0 Å². The molecule has 1 N–H and O–H groups in total. The number of hydrogen-bond donors (Lipinski definition) is 1. The maximum atomic E-state index is 5.69. The minimum absolute atomic E-state index is 0.448. The molecule has 2 heterocycles. The Morgan fingerprint density at radius 2 is 2.16 bits per heavy atom. The molecule has 0 atom stereocenters. The number of nitrogens with zero attached hydrogens (tertiary/aromatic N) is 2. The summed E-state index contributed by atoms with van der Waals surface area (Å²) in [5, 5.41) is 3.32. The van der Waals surface area contributed by atoms with Crippen molar-refractivity contribution in [1.82, 2.24) is 10.3 Å². The molecule has 0 aliphatic carbocycles. The Hall–Kier alpha value is -1.13. The molecule has 0 aromatic carbocycles. The van der Waals surface area contributed by atoms with Crippen LogP contribution in [-0.2, 0) is 11.3 Å². The second-order valence-electron chi connectivity index (χ2n) is 4.93. The molecule has 0 saturated carbocycles. The van der Waals surface area contributed by atoms with Crippen LogP contribution in [0.5, 0.6) is 0 Å². The molecule has 1 aliphatic heterocycles. The van der Waals surface area contributed by atoms with Gasteiger partial charge < -0.3 is 15.0 Å². The number of pyridine rings is 1. The molecule has 0 spiro atoms. The summed E-state index contributed by atoms with van der Waals surface area (Å²) in [5.74, 6) is 0. The van der Waals surface area contributed by atoms with Crippen LogP contribution in [0.4, 0.5) is 5.69 Å². The number of nitrogens with one attached hydrogen (secondary N) is 1. The molecule has 19 heavy (non-hydrogen) atoms. The van der Waals surface area contributed by atoms with E-state index in [1.54, 1.807) is 0 Å². The van der Waals surface area contributed by atoms with Crippen molar-refractivity contribution in [2.45, 2.75) is 39.3 Å². The van der Waals surface area contributed by atoms with Crippen LogP contribution in [0.2, 0.25) is 0 Å². The van der Waals surface area contributed by atoms with Crippen molar-refractivity contribution in [3.63, 3.8) is 0 Å². The van der Waals surface area contributed by atoms with Crippen molar-refractivity contribution < 1.29 is 4.74 Å². The van der Waals surface area contributed by atoms with Crippen LogP contribution in [0.1, 0.15) is 32.4 Å². The summed E-state index contributed by atoms with van der Waals surface area (Å²) in [6.45, 7) is 8.99. The molecule has 1 aromatic rings. The Kier molecular flexibility index (Phi) is 5.61. The Morgan fingerprint density at radius 3 is 2.84 bits per heavy atom. The zero-order valence-electron chi connectivity index (χ0n) is 12.1. The van der Waals surface area contributed by atoms with Gasteiger partial charge in [-0.2, -0.15) is 0 Å². The number of aromatic nitrogens is 1. The average molecular weight is 263 g/mol. The fourth-order valence-corrected chi connectivity index (χ4v) is 2.53. The fraction of sp³-hybridized carbons (Fsp3) is 0.667. The third-order valence-corrected chi connectivity index (χ3v) is 3.57. The first-order valence-corrected chi connectivity index (χ1v) is 7.35. The van der Waals surface area contributed by atoms with Gasteiger partial charge in [0.2, 0.25) is 0 Å². The fourth-order valence-electron chi connectivity index (χ4n) is 2.53. The van der Waals surface area contributed by atoms with E-state index < -0.39 is 0 Å². The molecule has 1 saturated heterocycles. The quantitative estimate of drug-likeness (QED) is 0.854. The first-order valence-electron chi connectivity index (χ1n) is 7.35. The summed E-state index contributed by atoms with van der Waals surface area (Å²) in [5.41, 5.74) is 2.41. The van der Waals surface area contributed by atoms with Crippen molar-refractivity contribution in [2.75, 3.05) is 31.1 Å². The van der Waals surface area contributed by atoms with Gasteiger partial charge in [0.05, 0.1) is 11.8 Å². The first-order chi connectivity index (χ1) is 9.33. The van der Waals surface area contributed by atoms with E-state index in [2.05, 4.69) is 41.2 Å². The van der Waals surface area contributed by atoms with Crippen molar-refractivity contribution >= 4 is 5.69 Å². The van der Waals surface area contributed by atoms with Gasteiger partial charge in [-0.05, 0) is 38.4 Å². The molecule has 4 nitrogen and oxygen atoms in total. The van der Waals surface area contributed by atoms with Crippen molar-refractivity contribution in [1.29, 1.82) is 0 Å². The van der Waals surface area contributed by atoms with Crippen molar-refractivity contribution in [2.24, 2.45) is 0 Å². The Balaban J connectivity index is 1.91. The molecule has 0 bridgehead atoms. The molecular weight excluding hydrogens is 238 g/mol. The third-order valence-electron chi connectivity index (χ3n) is 3.57. The number of rotatable bonds is 6. The maximum absolute atomic E-state index is 5.69. The van der Waals surface area contributed by atoms with E-state index in [0.717, 1.165) is 51.3 Å². The molecule has 0 radical (unpaired) electrons. The molecule has 4 heteroatoms. The maximum Gasteiger partial charge on any atom is 0.0608 e. The molecular formula is C15H25N3O. The zero-order valence-corrected chi connectivity index (χ0v) is 12.1. The largest absolute Gasteiger partial charge is 0.378 e. The third kappa shape index (κ3) is 4.18. The summed E-state index contributed by atoms with van der Waals surface area (Å²) in [7, 11) is 0. The monoisotopic (exact) mass is 263 g/mol. The van der Waals surface area contributed by atoms with E-state index in [4.69, 9.17) is 4.74 Å². The van der Waals surface area contributed by atoms with Crippen LogP contribution in [0, 0.1) is 0 Å². The van der Waals surface area contributed by atoms with E-state index in [0.29, 0.717) is 6.10 Å². The number of ether oxygens (including phenoxy) is 1. The highest BCUT2D eigenvalue weighted by Gasteiger charge is 2.19. The highest BCUT2D eigenvalue weighted by Crippen LogP contribution is 2.21. The van der Waals surface area contributed by atoms with E-state index in [9.17, 15) is 0 Å². The standard InChI is InChI=1S/C15H25N3O/c1-3-16-12-13-11-14(5-8-17-13)18-9-6-15(7-10-18)19-4-2/h5,8,11,15-16H,3-4,6-7,9-10,12H2,1-2H3. The highest BCUT2D eigenvalue weighted by molar-refractivity contribution is 5.46. The average Bonchev–Trinajstić information content (AvgIpc) is 2.46. The summed E-state index contributed by atoms with van der Waals surface area (Å²) < 4.78 is 5.69. The normalized spacial score (nSPS) is 16.8. The Bertz CT molecular complexity index is 375. The van der Waals surface area contributed by atoms with Crippen LogP contribution in [0.25, 0.3) is 0 Å². The first kappa shape index (κ1) is 14.3. The number of piperidine rings is 1. The minimum Gasteiger partial charge on any atom is -0.378 e. The molecule has 106 valence electrons. The van der Waals surface area contributed by atoms with E-state index in [1.807, 2.05) is 6.20 Å². The Morgan fingerprint density at radius 1 is 1.37 bits per heavy atom. The summed E-state index contributed by atoms with van der Waals surface area (Å²) in [4.78, 5) is 6.84. The van der Waals surface area contributed by atoms with Gasteiger partial charge in [0.15, 0.2) is 0 Å². The van der Waals surface area contributed by atoms with Gasteiger partial charge in [0, 0.05) is 38.1 Å². The summed E-state index contributed by atoms with van der Waals surface area (Å²) in [6, 6.07) is 4.31. The molecule has 0 amide bonds. The lowest BCUT2D eigenvalue weighted by Gasteiger charge is -2.33. The predicted molar refractivity (Wildman–Crippen MR) is 78.5 cm³/mol. The second-order valence-corrected chi connectivity index (χ2v) is 4.93. The van der Waals surface area contributed by atoms with Gasteiger partial charge in [0.1, 0.15) is 0 Å². The van der Waals surface area contributed by atoms with Gasteiger partial charge in [0.25, 0.3) is 0 Å². The minimum atomic E-state index is 0.448. The van der Waals surface area contributed by atoms with E-state index >= 15 is 0 Å². The van der Waals surface area contributed by atoms with Gasteiger partial charge in [-0.1, -0.05) is 6.92 Å². The molecule has 1 aliphatic rings. The lowest BCUT2D eigenvalue weighted by molar-refractivity contribution is 0.0459. The zero-order chi connectivity index (χ0) is 13.5. The van der Waals surface area contributed by atoms with E-state index in [-0.39, 0.29) is 0 Å². The number of hydrogen-bond acceptors (Lipinski definition) is 4. The molecule has 1 aromatic heterocycles. The SMILES string of the molecule is CCNCc1cc(N2CCC(OCC)CC2)ccn1. The molecule has 2 rings (SSSR count). The van der Waals surface area contributed by atoms with Gasteiger partial charge in [-0.15, -0.1) is 0 Å². The molecule has 1 fully saturated rings. The highest BCUT2D eigenvalue weighted by atomic mass is 16.5. The Labute approximate surface area is 116 Å². The van der Waals surface area contributed by atoms with Crippen LogP contribution in [0.3, 0.4) is 0 Å². The number of anilines is 1. The van der Waals surface area contributed by atoms with Gasteiger partial charge in [-0.3, -0.25) is 4.98 Å². The molecule has 0 unspecified atom stereocenters. The lowest BCUT2D eigenvalue weighted by Crippen LogP contribution is -2.37. The smallest absolute Gasteiger partial charge is 0.0608 e. The van der Waals surface area contributed by atoms with Crippen LogP contribution in [0.15, 0.2) is 18.3 Å². The second kappa shape index (κ2) is 7.46. The van der Waals surface area contributed by atoms with Crippen LogP contribution in [-0.4, -0.2) is 37.3 Å². The topological polar surface area (TPSA) is 37.4 Å². The van der Waals surface area contributed by atoms with Gasteiger partial charge >= 0.3 is 0 Å². The van der Waals surface area contributed by atoms with Crippen molar-refractivity contribution in [3.05, 3.63) is 24.0 Å². The van der Waals surface area contributed by atoms with Gasteiger partial charge in [-0.25, -0.2) is 0 Å². The predicted octanol–water partition coefficient (Wildman–Crippen LogP) is 2.20.